The molecule has 2 rings (SSSR count). The van der Waals surface area contributed by atoms with Crippen molar-refractivity contribution >= 4 is 18.3 Å². The van der Waals surface area contributed by atoms with Crippen LogP contribution in [0.3, 0.4) is 0 Å². The third-order valence-electron chi connectivity index (χ3n) is 3.56. The van der Waals surface area contributed by atoms with Crippen molar-refractivity contribution in [3.8, 4) is 17.2 Å². The van der Waals surface area contributed by atoms with E-state index in [-0.39, 0.29) is 18.3 Å². The second-order valence-electron chi connectivity index (χ2n) is 5.38. The van der Waals surface area contributed by atoms with E-state index in [1.54, 1.807) is 25.3 Å². The van der Waals surface area contributed by atoms with E-state index < -0.39 is 0 Å². The smallest absolute Gasteiger partial charge is 0.255 e. The first-order valence-corrected chi connectivity index (χ1v) is 8.14. The van der Waals surface area contributed by atoms with Crippen LogP contribution >= 0.6 is 12.4 Å². The van der Waals surface area contributed by atoms with Crippen molar-refractivity contribution in [2.45, 2.75) is 19.3 Å². The minimum absolute atomic E-state index is 0. The van der Waals surface area contributed by atoms with E-state index in [2.05, 4.69) is 5.32 Å². The summed E-state index contributed by atoms with van der Waals surface area (Å²) in [6.07, 6.45) is 2.91. The van der Waals surface area contributed by atoms with E-state index >= 15 is 0 Å². The van der Waals surface area contributed by atoms with Gasteiger partial charge in [-0.05, 0) is 43.7 Å². The Morgan fingerprint density at radius 1 is 1.04 bits per heavy atom. The molecule has 0 aliphatic heterocycles. The van der Waals surface area contributed by atoms with Crippen LogP contribution in [0.2, 0.25) is 0 Å². The van der Waals surface area contributed by atoms with E-state index in [1.165, 1.54) is 0 Å². The summed E-state index contributed by atoms with van der Waals surface area (Å²) in [5.74, 6) is 1.70. The molecule has 5 nitrogen and oxygen atoms in total. The molecular formula is C19H25ClN2O3. The van der Waals surface area contributed by atoms with E-state index in [0.29, 0.717) is 30.2 Å². The topological polar surface area (TPSA) is 73.6 Å². The summed E-state index contributed by atoms with van der Waals surface area (Å²) in [5, 5.41) is 2.90. The number of halogens is 1. The van der Waals surface area contributed by atoms with E-state index in [4.69, 9.17) is 15.2 Å². The summed E-state index contributed by atoms with van der Waals surface area (Å²) >= 11 is 0. The Morgan fingerprint density at radius 2 is 1.80 bits per heavy atom. The standard InChI is InChI=1S/C19H24N2O3.ClH/c1-23-18-14-16(24-15-8-4-2-5-9-15)10-11-17(18)19(22)21-13-7-3-6-12-20;/h2,4-5,8-11,14H,3,6-7,12-13,20H2,1H3,(H,21,22);1H. The summed E-state index contributed by atoms with van der Waals surface area (Å²) in [4.78, 5) is 12.3. The highest BCUT2D eigenvalue weighted by Crippen LogP contribution is 2.28. The minimum atomic E-state index is -0.147. The van der Waals surface area contributed by atoms with Gasteiger partial charge in [-0.15, -0.1) is 12.4 Å². The molecule has 0 spiro atoms. The maximum atomic E-state index is 12.3. The predicted molar refractivity (Wildman–Crippen MR) is 102 cm³/mol. The number of para-hydroxylation sites is 1. The van der Waals surface area contributed by atoms with Crippen molar-refractivity contribution in [3.63, 3.8) is 0 Å². The van der Waals surface area contributed by atoms with Crippen molar-refractivity contribution in [3.05, 3.63) is 54.1 Å². The number of unbranched alkanes of at least 4 members (excludes halogenated alkanes) is 2. The molecule has 2 aromatic carbocycles. The Balaban J connectivity index is 0.00000312. The van der Waals surface area contributed by atoms with E-state index in [9.17, 15) is 4.79 Å². The molecule has 0 aliphatic carbocycles. The molecule has 0 aliphatic rings. The van der Waals surface area contributed by atoms with Gasteiger partial charge < -0.3 is 20.5 Å². The summed E-state index contributed by atoms with van der Waals surface area (Å²) in [6, 6.07) is 14.7. The Kier molecular flexibility index (Phi) is 9.43. The SMILES string of the molecule is COc1cc(Oc2ccccc2)ccc1C(=O)NCCCCCN.Cl. The molecule has 0 radical (unpaired) electrons. The minimum Gasteiger partial charge on any atom is -0.496 e. The van der Waals surface area contributed by atoms with Gasteiger partial charge in [-0.25, -0.2) is 0 Å². The molecule has 136 valence electrons. The quantitative estimate of drug-likeness (QED) is 0.664. The lowest BCUT2D eigenvalue weighted by molar-refractivity contribution is 0.0950. The van der Waals surface area contributed by atoms with Gasteiger partial charge >= 0.3 is 0 Å². The van der Waals surface area contributed by atoms with Crippen LogP contribution in [0.4, 0.5) is 0 Å². The Bertz CT molecular complexity index is 650. The fraction of sp³-hybridized carbons (Fsp3) is 0.316. The molecule has 0 saturated carbocycles. The van der Waals surface area contributed by atoms with Crippen LogP contribution in [0.5, 0.6) is 17.2 Å². The number of nitrogens with two attached hydrogens (primary N) is 1. The lowest BCUT2D eigenvalue weighted by Gasteiger charge is -2.12. The predicted octanol–water partition coefficient (Wildman–Crippen LogP) is 3.77. The summed E-state index contributed by atoms with van der Waals surface area (Å²) in [5.41, 5.74) is 5.95. The normalized spacial score (nSPS) is 9.84. The third-order valence-corrected chi connectivity index (χ3v) is 3.56. The van der Waals surface area contributed by atoms with Crippen LogP contribution in [0.1, 0.15) is 29.6 Å². The highest BCUT2D eigenvalue weighted by atomic mass is 35.5. The van der Waals surface area contributed by atoms with Gasteiger partial charge in [0.2, 0.25) is 0 Å². The second-order valence-corrected chi connectivity index (χ2v) is 5.38. The highest BCUT2D eigenvalue weighted by Gasteiger charge is 2.13. The second kappa shape index (κ2) is 11.3. The monoisotopic (exact) mass is 364 g/mol. The van der Waals surface area contributed by atoms with Crippen molar-refractivity contribution in [1.29, 1.82) is 0 Å². The maximum absolute atomic E-state index is 12.3. The third kappa shape index (κ3) is 6.64. The molecule has 2 aromatic rings. The van der Waals surface area contributed by atoms with Gasteiger partial charge in [-0.2, -0.15) is 0 Å². The molecule has 0 unspecified atom stereocenters. The van der Waals surface area contributed by atoms with Crippen LogP contribution in [-0.4, -0.2) is 26.1 Å². The fourth-order valence-electron chi connectivity index (χ4n) is 2.29. The van der Waals surface area contributed by atoms with Gasteiger partial charge in [0.05, 0.1) is 12.7 Å². The maximum Gasteiger partial charge on any atom is 0.255 e. The molecule has 25 heavy (non-hydrogen) atoms. The summed E-state index contributed by atoms with van der Waals surface area (Å²) in [6.45, 7) is 1.31. The molecule has 0 heterocycles. The Hall–Kier alpha value is -2.24. The highest BCUT2D eigenvalue weighted by molar-refractivity contribution is 5.97. The Labute approximate surface area is 154 Å². The number of hydrogen-bond acceptors (Lipinski definition) is 4. The molecule has 0 atom stereocenters. The van der Waals surface area contributed by atoms with Gasteiger partial charge in [0, 0.05) is 12.6 Å². The van der Waals surface area contributed by atoms with Crippen LogP contribution in [0.15, 0.2) is 48.5 Å². The number of carbonyl (C=O) groups excluding carboxylic acids is 1. The van der Waals surface area contributed by atoms with Gasteiger partial charge in [0.15, 0.2) is 0 Å². The van der Waals surface area contributed by atoms with E-state index in [1.807, 2.05) is 30.3 Å². The molecule has 0 bridgehead atoms. The molecule has 6 heteroatoms. The van der Waals surface area contributed by atoms with Gasteiger partial charge in [0.25, 0.3) is 5.91 Å². The largest absolute Gasteiger partial charge is 0.496 e. The van der Waals surface area contributed by atoms with Crippen LogP contribution < -0.4 is 20.5 Å². The van der Waals surface area contributed by atoms with Crippen LogP contribution in [0, 0.1) is 0 Å². The van der Waals surface area contributed by atoms with E-state index in [0.717, 1.165) is 25.0 Å². The first-order valence-electron chi connectivity index (χ1n) is 8.14. The first kappa shape index (κ1) is 20.8. The zero-order valence-electron chi connectivity index (χ0n) is 14.4. The number of amides is 1. The van der Waals surface area contributed by atoms with Gasteiger partial charge in [-0.3, -0.25) is 4.79 Å². The molecule has 0 aromatic heterocycles. The number of rotatable bonds is 9. The number of carbonyl (C=O) groups is 1. The lowest BCUT2D eigenvalue weighted by atomic mass is 10.1. The first-order chi connectivity index (χ1) is 11.7. The zero-order chi connectivity index (χ0) is 17.2. The van der Waals surface area contributed by atoms with Gasteiger partial charge in [0.1, 0.15) is 17.2 Å². The number of ether oxygens (including phenoxy) is 2. The number of nitrogens with one attached hydrogen (secondary N) is 1. The lowest BCUT2D eigenvalue weighted by Crippen LogP contribution is -2.25. The number of benzene rings is 2. The van der Waals surface area contributed by atoms with Gasteiger partial charge in [-0.1, -0.05) is 24.6 Å². The summed E-state index contributed by atoms with van der Waals surface area (Å²) < 4.78 is 11.1. The van der Waals surface area contributed by atoms with Crippen molar-refractivity contribution < 1.29 is 14.3 Å². The fourth-order valence-corrected chi connectivity index (χ4v) is 2.29. The average molecular weight is 365 g/mol. The number of methoxy groups -OCH3 is 1. The van der Waals surface area contributed by atoms with Crippen LogP contribution in [0.25, 0.3) is 0 Å². The molecular weight excluding hydrogens is 340 g/mol. The molecule has 3 N–H and O–H groups in total. The molecule has 0 saturated heterocycles. The van der Waals surface area contributed by atoms with Crippen molar-refractivity contribution in [2.24, 2.45) is 5.73 Å². The van der Waals surface area contributed by atoms with Crippen molar-refractivity contribution in [1.82, 2.24) is 5.32 Å². The molecule has 0 fully saturated rings. The zero-order valence-corrected chi connectivity index (χ0v) is 15.2. The van der Waals surface area contributed by atoms with Crippen LogP contribution in [-0.2, 0) is 0 Å². The summed E-state index contributed by atoms with van der Waals surface area (Å²) in [7, 11) is 1.54. The van der Waals surface area contributed by atoms with Crippen molar-refractivity contribution in [2.75, 3.05) is 20.2 Å². The average Bonchev–Trinajstić information content (AvgIpc) is 2.62. The molecule has 1 amide bonds. The Morgan fingerprint density at radius 3 is 2.48 bits per heavy atom. The number of hydrogen-bond donors (Lipinski definition) is 2.